The summed E-state index contributed by atoms with van der Waals surface area (Å²) in [5.74, 6) is 0.902. The molecule has 0 bridgehead atoms. The molecule has 0 saturated carbocycles. The molecule has 6 heteroatoms. The minimum Gasteiger partial charge on any atom is -0.309 e. The minimum absolute atomic E-state index is 0.902. The van der Waals surface area contributed by atoms with E-state index in [1.165, 1.54) is 30.9 Å². The Bertz CT molecular complexity index is 3450. The molecule has 0 amide bonds. The Morgan fingerprint density at radius 2 is 1.15 bits per heavy atom. The van der Waals surface area contributed by atoms with Gasteiger partial charge >= 0.3 is 0 Å². The lowest BCUT2D eigenvalue weighted by molar-refractivity contribution is 1.11. The minimum atomic E-state index is 0.902. The fourth-order valence-corrected chi connectivity index (χ4v) is 9.89. The lowest BCUT2D eigenvalue weighted by Crippen LogP contribution is -1.99. The highest BCUT2D eigenvalue weighted by Gasteiger charge is 2.25. The van der Waals surface area contributed by atoms with E-state index in [1.54, 1.807) is 0 Å². The summed E-state index contributed by atoms with van der Waals surface area (Å²) in [6.07, 6.45) is 1.96. The average molecular weight is 708 g/mol. The monoisotopic (exact) mass is 707 g/mol. The standard InChI is InChI=1S/C48H29N5S/c1-2-14-30(15-3-1)51-46-42(53-40-24-12-9-21-37(40)50-48(51)53)27-26-41-44(46)36-20-7-11-23-39(36)52(41)38-22-10-6-17-32(38)31-16-4-5-19-34(31)45-47-35(28-29-49-45)33-18-8-13-25-43(33)54-47/h1-29H. The number of benzene rings is 7. The fourth-order valence-electron chi connectivity index (χ4n) is 8.68. The molecule has 0 aliphatic heterocycles. The van der Waals surface area contributed by atoms with Crippen molar-refractivity contribution in [2.24, 2.45) is 0 Å². The van der Waals surface area contributed by atoms with E-state index in [0.717, 1.165) is 72.6 Å². The zero-order valence-corrected chi connectivity index (χ0v) is 29.7. The number of para-hydroxylation sites is 5. The van der Waals surface area contributed by atoms with Crippen molar-refractivity contribution in [2.75, 3.05) is 0 Å². The molecular formula is C48H29N5S. The Hall–Kier alpha value is -7.02. The van der Waals surface area contributed by atoms with Crippen LogP contribution in [0.15, 0.2) is 176 Å². The molecule has 0 radical (unpaired) electrons. The van der Waals surface area contributed by atoms with E-state index < -0.39 is 0 Å². The second kappa shape index (κ2) is 11.2. The van der Waals surface area contributed by atoms with E-state index in [2.05, 4.69) is 183 Å². The molecule has 5 aromatic heterocycles. The highest BCUT2D eigenvalue weighted by molar-refractivity contribution is 7.26. The number of aromatic nitrogens is 5. The van der Waals surface area contributed by atoms with Gasteiger partial charge in [-0.05, 0) is 66.2 Å². The third-order valence-electron chi connectivity index (χ3n) is 10.9. The van der Waals surface area contributed by atoms with Crippen LogP contribution in [0.3, 0.4) is 0 Å². The lowest BCUT2D eigenvalue weighted by Gasteiger charge is -2.17. The van der Waals surface area contributed by atoms with Crippen LogP contribution in [-0.4, -0.2) is 23.5 Å². The Morgan fingerprint density at radius 3 is 2.04 bits per heavy atom. The van der Waals surface area contributed by atoms with Gasteiger partial charge in [-0.1, -0.05) is 109 Å². The van der Waals surface area contributed by atoms with Gasteiger partial charge in [-0.25, -0.2) is 4.98 Å². The second-order valence-electron chi connectivity index (χ2n) is 13.8. The Morgan fingerprint density at radius 1 is 0.463 bits per heavy atom. The smallest absolute Gasteiger partial charge is 0.220 e. The number of pyridine rings is 1. The fraction of sp³-hybridized carbons (Fsp3) is 0. The molecule has 0 aliphatic carbocycles. The molecule has 0 unspecified atom stereocenters. The van der Waals surface area contributed by atoms with E-state index in [-0.39, 0.29) is 0 Å². The van der Waals surface area contributed by atoms with E-state index in [1.807, 2.05) is 17.5 Å². The van der Waals surface area contributed by atoms with E-state index >= 15 is 0 Å². The van der Waals surface area contributed by atoms with Gasteiger partial charge in [-0.3, -0.25) is 14.0 Å². The molecule has 12 aromatic rings. The molecule has 0 saturated heterocycles. The Labute approximate surface area is 313 Å². The van der Waals surface area contributed by atoms with Gasteiger partial charge in [0.15, 0.2) is 0 Å². The summed E-state index contributed by atoms with van der Waals surface area (Å²) in [4.78, 5) is 10.3. The van der Waals surface area contributed by atoms with Gasteiger partial charge in [-0.2, -0.15) is 0 Å². The maximum Gasteiger partial charge on any atom is 0.220 e. The third kappa shape index (κ3) is 4.03. The molecular weight excluding hydrogens is 679 g/mol. The number of rotatable bonds is 4. The number of fused-ring (bicyclic) bond motifs is 12. The number of hydrogen-bond acceptors (Lipinski definition) is 3. The van der Waals surface area contributed by atoms with Crippen molar-refractivity contribution >= 4 is 81.2 Å². The summed E-state index contributed by atoms with van der Waals surface area (Å²) in [6.45, 7) is 0. The van der Waals surface area contributed by atoms with Crippen LogP contribution < -0.4 is 0 Å². The lowest BCUT2D eigenvalue weighted by atomic mass is 9.95. The summed E-state index contributed by atoms with van der Waals surface area (Å²) >= 11 is 1.82. The van der Waals surface area contributed by atoms with Crippen LogP contribution in [0.4, 0.5) is 0 Å². The highest BCUT2D eigenvalue weighted by atomic mass is 32.1. The molecule has 0 N–H and O–H groups in total. The second-order valence-corrected chi connectivity index (χ2v) is 14.8. The van der Waals surface area contributed by atoms with Crippen LogP contribution in [0.25, 0.3) is 104 Å². The maximum absolute atomic E-state index is 5.22. The number of hydrogen-bond donors (Lipinski definition) is 0. The SMILES string of the molecule is c1ccc(-n2c3c4c5ccccc5n(-c5ccccc5-c5ccccc5-c5nccc6c5sc5ccccc56)c4ccc3n3c4ccccc4nc23)cc1. The summed E-state index contributed by atoms with van der Waals surface area (Å²) in [5.41, 5.74) is 13.3. The van der Waals surface area contributed by atoms with E-state index in [9.17, 15) is 0 Å². The topological polar surface area (TPSA) is 40.0 Å². The molecule has 5 nitrogen and oxygen atoms in total. The zero-order valence-electron chi connectivity index (χ0n) is 28.9. The summed E-state index contributed by atoms with van der Waals surface area (Å²) in [7, 11) is 0. The van der Waals surface area contributed by atoms with Gasteiger partial charge in [0.05, 0.1) is 49.2 Å². The first-order valence-corrected chi connectivity index (χ1v) is 19.0. The predicted octanol–water partition coefficient (Wildman–Crippen LogP) is 12.6. The van der Waals surface area contributed by atoms with Crippen molar-refractivity contribution in [3.05, 3.63) is 176 Å². The molecule has 0 fully saturated rings. The Balaban J connectivity index is 1.17. The van der Waals surface area contributed by atoms with E-state index in [4.69, 9.17) is 9.97 Å². The predicted molar refractivity (Wildman–Crippen MR) is 225 cm³/mol. The largest absolute Gasteiger partial charge is 0.309 e. The summed E-state index contributed by atoms with van der Waals surface area (Å²) in [6, 6.07) is 60.8. The quantitative estimate of drug-likeness (QED) is 0.183. The van der Waals surface area contributed by atoms with Crippen molar-refractivity contribution in [1.29, 1.82) is 0 Å². The van der Waals surface area contributed by atoms with Crippen molar-refractivity contribution in [3.63, 3.8) is 0 Å². The van der Waals surface area contributed by atoms with Gasteiger partial charge < -0.3 is 4.57 Å². The first-order valence-electron chi connectivity index (χ1n) is 18.2. The first kappa shape index (κ1) is 29.5. The van der Waals surface area contributed by atoms with Crippen LogP contribution in [-0.2, 0) is 0 Å². The van der Waals surface area contributed by atoms with Crippen molar-refractivity contribution in [3.8, 4) is 33.8 Å². The van der Waals surface area contributed by atoms with Gasteiger partial charge in [0.25, 0.3) is 0 Å². The van der Waals surface area contributed by atoms with Crippen LogP contribution >= 0.6 is 11.3 Å². The van der Waals surface area contributed by atoms with Gasteiger partial charge in [0, 0.05) is 49.3 Å². The molecule has 0 spiro atoms. The van der Waals surface area contributed by atoms with Gasteiger partial charge in [-0.15, -0.1) is 11.3 Å². The van der Waals surface area contributed by atoms with Crippen LogP contribution in [0.1, 0.15) is 0 Å². The van der Waals surface area contributed by atoms with Gasteiger partial charge in [0.2, 0.25) is 5.78 Å². The molecule has 54 heavy (non-hydrogen) atoms. The number of nitrogens with zero attached hydrogens (tertiary/aromatic N) is 5. The van der Waals surface area contributed by atoms with Crippen LogP contribution in [0.5, 0.6) is 0 Å². The van der Waals surface area contributed by atoms with E-state index in [0.29, 0.717) is 0 Å². The molecule has 7 aromatic carbocycles. The molecule has 0 aliphatic rings. The molecule has 5 heterocycles. The number of thiophene rings is 1. The van der Waals surface area contributed by atoms with Crippen molar-refractivity contribution in [1.82, 2.24) is 23.5 Å². The average Bonchev–Trinajstić information content (AvgIpc) is 3.98. The molecule has 0 atom stereocenters. The summed E-state index contributed by atoms with van der Waals surface area (Å²) < 4.78 is 9.59. The van der Waals surface area contributed by atoms with Crippen LogP contribution in [0.2, 0.25) is 0 Å². The normalized spacial score (nSPS) is 12.1. The Kier molecular flexibility index (Phi) is 6.15. The molecule has 252 valence electrons. The van der Waals surface area contributed by atoms with Gasteiger partial charge in [0.1, 0.15) is 0 Å². The van der Waals surface area contributed by atoms with Crippen molar-refractivity contribution in [2.45, 2.75) is 0 Å². The highest BCUT2D eigenvalue weighted by Crippen LogP contribution is 2.45. The maximum atomic E-state index is 5.22. The number of imidazole rings is 2. The third-order valence-corrected chi connectivity index (χ3v) is 12.1. The first-order chi connectivity index (χ1) is 26.8. The van der Waals surface area contributed by atoms with Crippen LogP contribution in [0, 0.1) is 0 Å². The summed E-state index contributed by atoms with van der Waals surface area (Å²) in [5, 5.41) is 4.91. The molecule has 12 rings (SSSR count). The van der Waals surface area contributed by atoms with Crippen molar-refractivity contribution < 1.29 is 0 Å². The zero-order chi connectivity index (χ0) is 35.3.